The molecule has 0 aliphatic carbocycles. The largest absolute Gasteiger partial charge is 0.384 e. The summed E-state index contributed by atoms with van der Waals surface area (Å²) in [6.07, 6.45) is 3.24. The fourth-order valence-corrected chi connectivity index (χ4v) is 3.91. The molecule has 4 rings (SSSR count). The van der Waals surface area contributed by atoms with Gasteiger partial charge in [-0.2, -0.15) is 0 Å². The van der Waals surface area contributed by atoms with E-state index in [4.69, 9.17) is 16.7 Å². The molecule has 0 aliphatic rings. The maximum absolute atomic E-state index is 12.3. The highest BCUT2D eigenvalue weighted by molar-refractivity contribution is 6.30. The van der Waals surface area contributed by atoms with Gasteiger partial charge in [0.05, 0.1) is 23.7 Å². The highest BCUT2D eigenvalue weighted by Crippen LogP contribution is 2.38. The Morgan fingerprint density at radius 3 is 2.45 bits per heavy atom. The molecule has 31 heavy (non-hydrogen) atoms. The predicted octanol–water partition coefficient (Wildman–Crippen LogP) is 2.55. The molecule has 0 saturated carbocycles. The number of hydrogen-bond donors (Lipinski definition) is 2. The van der Waals surface area contributed by atoms with Crippen LogP contribution in [0.15, 0.2) is 65.8 Å². The number of aromatic nitrogens is 3. The van der Waals surface area contributed by atoms with E-state index in [1.807, 2.05) is 13.1 Å². The Hall–Kier alpha value is -3.37. The van der Waals surface area contributed by atoms with E-state index in [1.54, 1.807) is 60.5 Å². The summed E-state index contributed by atoms with van der Waals surface area (Å²) in [5.74, 6) is 5.45. The van der Waals surface area contributed by atoms with Crippen LogP contribution in [0.1, 0.15) is 22.4 Å². The number of benzene rings is 2. The summed E-state index contributed by atoms with van der Waals surface area (Å²) >= 11 is 6.08. The van der Waals surface area contributed by atoms with Crippen molar-refractivity contribution >= 4 is 22.5 Å². The van der Waals surface area contributed by atoms with Gasteiger partial charge in [0.2, 0.25) is 0 Å². The minimum atomic E-state index is -1.53. The highest BCUT2D eigenvalue weighted by atomic mass is 35.5. The summed E-state index contributed by atoms with van der Waals surface area (Å²) < 4.78 is 3.28. The maximum atomic E-state index is 12.3. The highest BCUT2D eigenvalue weighted by Gasteiger charge is 2.36. The van der Waals surface area contributed by atoms with Crippen molar-refractivity contribution in [2.75, 3.05) is 6.61 Å². The Bertz CT molecular complexity index is 1390. The zero-order valence-corrected chi connectivity index (χ0v) is 17.8. The van der Waals surface area contributed by atoms with Gasteiger partial charge in [-0.15, -0.1) is 0 Å². The molecule has 1 unspecified atom stereocenters. The lowest BCUT2D eigenvalue weighted by Gasteiger charge is -2.30. The van der Waals surface area contributed by atoms with Gasteiger partial charge >= 0.3 is 0 Å². The van der Waals surface area contributed by atoms with E-state index in [9.17, 15) is 9.90 Å². The molecule has 2 heterocycles. The Balaban J connectivity index is 2.05. The van der Waals surface area contributed by atoms with Crippen LogP contribution in [0.3, 0.4) is 0 Å². The van der Waals surface area contributed by atoms with Crippen molar-refractivity contribution in [3.8, 4) is 11.8 Å². The van der Waals surface area contributed by atoms with E-state index in [0.29, 0.717) is 38.3 Å². The van der Waals surface area contributed by atoms with Gasteiger partial charge < -0.3 is 19.3 Å². The van der Waals surface area contributed by atoms with Crippen molar-refractivity contribution in [1.82, 2.24) is 14.1 Å². The number of aliphatic hydroxyl groups excluding tert-OH is 1. The predicted molar refractivity (Wildman–Crippen MR) is 120 cm³/mol. The number of pyridine rings is 1. The summed E-state index contributed by atoms with van der Waals surface area (Å²) in [5.41, 5.74) is 1.19. The zero-order chi connectivity index (χ0) is 22.2. The summed E-state index contributed by atoms with van der Waals surface area (Å²) in [6.45, 7) is -0.319. The third-order valence-electron chi connectivity index (χ3n) is 5.42. The summed E-state index contributed by atoms with van der Waals surface area (Å²) in [4.78, 5) is 16.5. The molecule has 4 aromatic rings. The first kappa shape index (κ1) is 20.9. The minimum absolute atomic E-state index is 0.206. The van der Waals surface area contributed by atoms with Crippen LogP contribution in [-0.2, 0) is 19.7 Å². The van der Waals surface area contributed by atoms with Crippen molar-refractivity contribution in [3.05, 3.63) is 98.8 Å². The van der Waals surface area contributed by atoms with Crippen LogP contribution < -0.4 is 5.56 Å². The van der Waals surface area contributed by atoms with E-state index in [1.165, 1.54) is 10.6 Å². The molecule has 0 saturated heterocycles. The van der Waals surface area contributed by atoms with Crippen molar-refractivity contribution in [2.45, 2.75) is 5.60 Å². The number of imidazole rings is 1. The van der Waals surface area contributed by atoms with Crippen LogP contribution >= 0.6 is 11.6 Å². The lowest BCUT2D eigenvalue weighted by atomic mass is 9.82. The van der Waals surface area contributed by atoms with Crippen molar-refractivity contribution in [2.24, 2.45) is 14.1 Å². The van der Waals surface area contributed by atoms with Gasteiger partial charge in [-0.05, 0) is 35.4 Å². The van der Waals surface area contributed by atoms with E-state index >= 15 is 0 Å². The van der Waals surface area contributed by atoms with Crippen LogP contribution in [0.2, 0.25) is 5.02 Å². The average molecular weight is 434 g/mol. The van der Waals surface area contributed by atoms with Crippen LogP contribution in [0.4, 0.5) is 0 Å². The Morgan fingerprint density at radius 1 is 1.10 bits per heavy atom. The first-order valence-electron chi connectivity index (χ1n) is 9.55. The van der Waals surface area contributed by atoms with Crippen LogP contribution in [-0.4, -0.2) is 30.9 Å². The molecule has 2 aromatic heterocycles. The smallest absolute Gasteiger partial charge is 0.252 e. The van der Waals surface area contributed by atoms with Crippen LogP contribution in [0.5, 0.6) is 0 Å². The maximum Gasteiger partial charge on any atom is 0.252 e. The molecule has 0 radical (unpaired) electrons. The Kier molecular flexibility index (Phi) is 5.42. The number of fused-ring (bicyclic) bond motifs is 1. The van der Waals surface area contributed by atoms with Gasteiger partial charge in [0, 0.05) is 36.1 Å². The van der Waals surface area contributed by atoms with Crippen LogP contribution in [0, 0.1) is 11.8 Å². The van der Waals surface area contributed by atoms with Gasteiger partial charge in [0.1, 0.15) is 6.61 Å². The van der Waals surface area contributed by atoms with Crippen LogP contribution in [0.25, 0.3) is 10.9 Å². The molecule has 0 fully saturated rings. The molecule has 1 atom stereocenters. The standard InChI is InChI=1S/C24H20ClN3O3/c1-27-15-26-14-22(27)24(31,17-5-8-19(25)9-6-17)18-7-10-21-20(13-18)16(4-3-11-29)12-23(30)28(21)2/h5-10,12-15,29,31H,11H2,1-2H3. The molecule has 156 valence electrons. The van der Waals surface area contributed by atoms with Gasteiger partial charge in [0.25, 0.3) is 5.56 Å². The topological polar surface area (TPSA) is 80.3 Å². The van der Waals surface area contributed by atoms with Gasteiger partial charge in [-0.25, -0.2) is 4.98 Å². The van der Waals surface area contributed by atoms with E-state index in [-0.39, 0.29) is 12.2 Å². The monoisotopic (exact) mass is 433 g/mol. The summed E-state index contributed by atoms with van der Waals surface area (Å²) in [7, 11) is 3.49. The summed E-state index contributed by atoms with van der Waals surface area (Å²) in [5, 5.41) is 22.5. The SMILES string of the molecule is Cn1cncc1C(O)(c1ccc(Cl)cc1)c1ccc2c(c1)c(C#CCO)cc(=O)n2C. The molecule has 0 amide bonds. The van der Waals surface area contributed by atoms with E-state index in [0.717, 1.165) is 0 Å². The second-order valence-corrected chi connectivity index (χ2v) is 7.69. The van der Waals surface area contributed by atoms with Crippen molar-refractivity contribution in [3.63, 3.8) is 0 Å². The van der Waals surface area contributed by atoms with Crippen molar-refractivity contribution < 1.29 is 10.2 Å². The molecule has 2 aromatic carbocycles. The number of aryl methyl sites for hydroxylation is 2. The molecular weight excluding hydrogens is 414 g/mol. The second kappa shape index (κ2) is 8.05. The van der Waals surface area contributed by atoms with Gasteiger partial charge in [0.15, 0.2) is 5.60 Å². The molecule has 0 bridgehead atoms. The Morgan fingerprint density at radius 2 is 1.81 bits per heavy atom. The number of rotatable bonds is 3. The van der Waals surface area contributed by atoms with Gasteiger partial charge in [-0.1, -0.05) is 41.6 Å². The zero-order valence-electron chi connectivity index (χ0n) is 17.0. The lowest BCUT2D eigenvalue weighted by molar-refractivity contribution is 0.117. The number of halogens is 1. The van der Waals surface area contributed by atoms with Crippen molar-refractivity contribution in [1.29, 1.82) is 0 Å². The number of hydrogen-bond acceptors (Lipinski definition) is 4. The fraction of sp³-hybridized carbons (Fsp3) is 0.167. The fourth-order valence-electron chi connectivity index (χ4n) is 3.78. The third kappa shape index (κ3) is 3.53. The second-order valence-electron chi connectivity index (χ2n) is 7.25. The third-order valence-corrected chi connectivity index (χ3v) is 5.67. The molecule has 2 N–H and O–H groups in total. The first-order chi connectivity index (χ1) is 14.9. The molecule has 0 spiro atoms. The first-order valence-corrected chi connectivity index (χ1v) is 9.93. The molecule has 7 heteroatoms. The normalized spacial score (nSPS) is 12.9. The summed E-state index contributed by atoms with van der Waals surface area (Å²) in [6, 6.07) is 13.8. The Labute approximate surface area is 184 Å². The lowest BCUT2D eigenvalue weighted by Crippen LogP contribution is -2.31. The average Bonchev–Trinajstić information content (AvgIpc) is 3.21. The quantitative estimate of drug-likeness (QED) is 0.487. The van der Waals surface area contributed by atoms with Gasteiger partial charge in [-0.3, -0.25) is 4.79 Å². The minimum Gasteiger partial charge on any atom is -0.384 e. The number of nitrogens with zero attached hydrogens (tertiary/aromatic N) is 3. The van der Waals surface area contributed by atoms with E-state index in [2.05, 4.69) is 16.8 Å². The number of aliphatic hydroxyl groups is 2. The molecule has 0 aliphatic heterocycles. The molecular formula is C24H20ClN3O3. The molecule has 6 nitrogen and oxygen atoms in total. The van der Waals surface area contributed by atoms with E-state index < -0.39 is 5.60 Å².